The van der Waals surface area contributed by atoms with Crippen LogP contribution in [-0.4, -0.2) is 52.6 Å². The maximum absolute atomic E-state index is 12.6. The number of aryl methyl sites for hydroxylation is 1. The molecule has 13 nitrogen and oxygen atoms in total. The van der Waals surface area contributed by atoms with Gasteiger partial charge in [0.25, 0.3) is 23.4 Å². The summed E-state index contributed by atoms with van der Waals surface area (Å²) in [6, 6.07) is 3.76. The average Bonchev–Trinajstić information content (AvgIpc) is 3.22. The van der Waals surface area contributed by atoms with Gasteiger partial charge >= 0.3 is 5.97 Å². The zero-order chi connectivity index (χ0) is 25.2. The van der Waals surface area contributed by atoms with Crippen molar-refractivity contribution in [1.29, 1.82) is 0 Å². The SMILES string of the molecule is CCOC(=O)c1c(C)oc(NC(=O)CCCN2C(=O)c3cccc([N+](=O)[O-])c3C2=O)c1C(N)=O. The minimum atomic E-state index is -1.01. The normalized spacial score (nSPS) is 12.5. The molecule has 4 amide bonds. The van der Waals surface area contributed by atoms with Gasteiger partial charge in [-0.3, -0.25) is 39.5 Å². The zero-order valence-electron chi connectivity index (χ0n) is 18.2. The van der Waals surface area contributed by atoms with Gasteiger partial charge in [-0.25, -0.2) is 4.79 Å². The minimum Gasteiger partial charge on any atom is -0.462 e. The number of ether oxygens (including phenoxy) is 1. The van der Waals surface area contributed by atoms with Crippen LogP contribution in [0.4, 0.5) is 11.6 Å². The van der Waals surface area contributed by atoms with Crippen LogP contribution >= 0.6 is 0 Å². The van der Waals surface area contributed by atoms with E-state index in [4.69, 9.17) is 14.9 Å². The molecule has 0 atom stereocenters. The van der Waals surface area contributed by atoms with E-state index in [9.17, 15) is 34.1 Å². The number of amides is 4. The fourth-order valence-electron chi connectivity index (χ4n) is 3.57. The van der Waals surface area contributed by atoms with Gasteiger partial charge in [0.05, 0.1) is 17.1 Å². The largest absolute Gasteiger partial charge is 0.462 e. The van der Waals surface area contributed by atoms with E-state index in [-0.39, 0.29) is 59.9 Å². The standard InChI is InChI=1S/C21H20N4O9/c1-3-33-21(30)14-10(2)34-18(16(14)17(22)27)23-13(26)8-5-9-24-19(28)11-6-4-7-12(25(31)32)15(11)20(24)29/h4,6-7H,3,5,8-9H2,1-2H3,(H2,22,27)(H,23,26). The first-order chi connectivity index (χ1) is 16.1. The number of carbonyl (C=O) groups is 5. The third-order valence-electron chi connectivity index (χ3n) is 5.02. The number of hydrogen-bond donors (Lipinski definition) is 2. The van der Waals surface area contributed by atoms with Crippen molar-refractivity contribution in [3.05, 3.63) is 56.3 Å². The van der Waals surface area contributed by atoms with Gasteiger partial charge in [-0.2, -0.15) is 0 Å². The third-order valence-corrected chi connectivity index (χ3v) is 5.02. The lowest BCUT2D eigenvalue weighted by Gasteiger charge is -2.13. The quantitative estimate of drug-likeness (QED) is 0.237. The highest BCUT2D eigenvalue weighted by molar-refractivity contribution is 6.23. The number of primary amides is 1. The van der Waals surface area contributed by atoms with Crippen LogP contribution in [0.3, 0.4) is 0 Å². The topological polar surface area (TPSA) is 192 Å². The molecule has 178 valence electrons. The smallest absolute Gasteiger partial charge is 0.342 e. The van der Waals surface area contributed by atoms with Crippen molar-refractivity contribution in [2.24, 2.45) is 5.73 Å². The number of rotatable bonds is 9. The molecule has 1 aliphatic rings. The van der Waals surface area contributed by atoms with E-state index >= 15 is 0 Å². The number of hydrogen-bond acceptors (Lipinski definition) is 9. The van der Waals surface area contributed by atoms with Crippen LogP contribution < -0.4 is 11.1 Å². The van der Waals surface area contributed by atoms with Gasteiger partial charge in [-0.15, -0.1) is 0 Å². The van der Waals surface area contributed by atoms with Crippen molar-refractivity contribution in [2.45, 2.75) is 26.7 Å². The van der Waals surface area contributed by atoms with Gasteiger partial charge in [-0.05, 0) is 26.3 Å². The summed E-state index contributed by atoms with van der Waals surface area (Å²) in [5.74, 6) is -4.30. The fraction of sp³-hybridized carbons (Fsp3) is 0.286. The molecule has 0 radical (unpaired) electrons. The fourth-order valence-corrected chi connectivity index (χ4v) is 3.57. The van der Waals surface area contributed by atoms with E-state index < -0.39 is 40.2 Å². The molecular weight excluding hydrogens is 452 g/mol. The second-order valence-corrected chi connectivity index (χ2v) is 7.19. The number of furan rings is 1. The predicted octanol–water partition coefficient (Wildman–Crippen LogP) is 1.79. The molecule has 1 aromatic carbocycles. The Kier molecular flexibility index (Phi) is 6.75. The second-order valence-electron chi connectivity index (χ2n) is 7.19. The first-order valence-electron chi connectivity index (χ1n) is 10.1. The summed E-state index contributed by atoms with van der Waals surface area (Å²) in [7, 11) is 0. The molecule has 0 unspecified atom stereocenters. The van der Waals surface area contributed by atoms with Gasteiger partial charge in [0, 0.05) is 19.0 Å². The molecule has 2 aromatic rings. The molecule has 2 heterocycles. The monoisotopic (exact) mass is 472 g/mol. The van der Waals surface area contributed by atoms with Crippen molar-refractivity contribution >= 4 is 41.2 Å². The van der Waals surface area contributed by atoms with Crippen LogP contribution in [0.1, 0.15) is 67.0 Å². The first-order valence-corrected chi connectivity index (χ1v) is 10.1. The Hall–Kier alpha value is -4.55. The number of esters is 1. The molecule has 0 saturated carbocycles. The van der Waals surface area contributed by atoms with Crippen molar-refractivity contribution in [1.82, 2.24) is 4.90 Å². The highest BCUT2D eigenvalue weighted by atomic mass is 16.6. The Balaban J connectivity index is 1.67. The zero-order valence-corrected chi connectivity index (χ0v) is 18.2. The summed E-state index contributed by atoms with van der Waals surface area (Å²) in [6.07, 6.45) is -0.191. The lowest BCUT2D eigenvalue weighted by atomic mass is 10.1. The number of nitrogens with zero attached hydrogens (tertiary/aromatic N) is 2. The highest BCUT2D eigenvalue weighted by Gasteiger charge is 2.40. The van der Waals surface area contributed by atoms with E-state index in [0.29, 0.717) is 0 Å². The Morgan fingerprint density at radius 1 is 1.21 bits per heavy atom. The van der Waals surface area contributed by atoms with Crippen molar-refractivity contribution in [2.75, 3.05) is 18.5 Å². The molecule has 0 aliphatic carbocycles. The highest BCUT2D eigenvalue weighted by Crippen LogP contribution is 2.31. The summed E-state index contributed by atoms with van der Waals surface area (Å²) < 4.78 is 10.2. The molecule has 0 fully saturated rings. The van der Waals surface area contributed by atoms with E-state index in [2.05, 4.69) is 5.32 Å². The Morgan fingerprint density at radius 2 is 1.91 bits per heavy atom. The molecule has 1 aromatic heterocycles. The molecule has 13 heteroatoms. The lowest BCUT2D eigenvalue weighted by Crippen LogP contribution is -2.31. The Bertz CT molecular complexity index is 1230. The number of imide groups is 1. The maximum atomic E-state index is 12.6. The number of nitrogens with two attached hydrogens (primary N) is 1. The predicted molar refractivity (Wildman–Crippen MR) is 114 cm³/mol. The summed E-state index contributed by atoms with van der Waals surface area (Å²) in [4.78, 5) is 72.7. The number of anilines is 1. The third kappa shape index (κ3) is 4.35. The van der Waals surface area contributed by atoms with E-state index in [0.717, 1.165) is 11.0 Å². The summed E-state index contributed by atoms with van der Waals surface area (Å²) in [5.41, 5.74) is 3.97. The maximum Gasteiger partial charge on any atom is 0.342 e. The van der Waals surface area contributed by atoms with Gasteiger partial charge in [0.15, 0.2) is 0 Å². The number of carbonyl (C=O) groups excluding carboxylic acids is 5. The average molecular weight is 472 g/mol. The van der Waals surface area contributed by atoms with Gasteiger partial charge in [0.1, 0.15) is 22.5 Å². The molecule has 3 rings (SSSR count). The number of nitro benzene ring substituents is 1. The van der Waals surface area contributed by atoms with Crippen LogP contribution in [0.25, 0.3) is 0 Å². The summed E-state index contributed by atoms with van der Waals surface area (Å²) in [6.45, 7) is 2.84. The van der Waals surface area contributed by atoms with Crippen LogP contribution in [0.2, 0.25) is 0 Å². The molecule has 34 heavy (non-hydrogen) atoms. The lowest BCUT2D eigenvalue weighted by molar-refractivity contribution is -0.385. The van der Waals surface area contributed by atoms with Crippen molar-refractivity contribution < 1.29 is 38.1 Å². The Morgan fingerprint density at radius 3 is 2.53 bits per heavy atom. The van der Waals surface area contributed by atoms with Gasteiger partial charge in [-0.1, -0.05) is 6.07 Å². The number of fused-ring (bicyclic) bond motifs is 1. The minimum absolute atomic E-state index is 0.0153. The van der Waals surface area contributed by atoms with E-state index in [1.807, 2.05) is 0 Å². The number of benzene rings is 1. The van der Waals surface area contributed by atoms with Crippen LogP contribution in [0.5, 0.6) is 0 Å². The van der Waals surface area contributed by atoms with Crippen LogP contribution in [0.15, 0.2) is 22.6 Å². The number of nitro groups is 1. The molecular formula is C21H20N4O9. The van der Waals surface area contributed by atoms with Crippen molar-refractivity contribution in [3.8, 4) is 0 Å². The molecule has 0 spiro atoms. The van der Waals surface area contributed by atoms with E-state index in [1.165, 1.54) is 19.1 Å². The first kappa shape index (κ1) is 24.1. The molecule has 3 N–H and O–H groups in total. The second kappa shape index (κ2) is 9.52. The summed E-state index contributed by atoms with van der Waals surface area (Å²) >= 11 is 0. The molecule has 0 bridgehead atoms. The van der Waals surface area contributed by atoms with Crippen LogP contribution in [-0.2, 0) is 9.53 Å². The molecule has 1 aliphatic heterocycles. The summed E-state index contributed by atoms with van der Waals surface area (Å²) in [5, 5.41) is 13.5. The van der Waals surface area contributed by atoms with Gasteiger partial charge in [0.2, 0.25) is 11.8 Å². The Labute approximate surface area is 192 Å². The van der Waals surface area contributed by atoms with Crippen LogP contribution in [0, 0.1) is 17.0 Å². The number of nitrogens with one attached hydrogen (secondary N) is 1. The molecule has 0 saturated heterocycles. The van der Waals surface area contributed by atoms with Crippen molar-refractivity contribution in [3.63, 3.8) is 0 Å². The van der Waals surface area contributed by atoms with E-state index in [1.54, 1.807) is 6.92 Å². The van der Waals surface area contributed by atoms with Gasteiger partial charge < -0.3 is 14.9 Å².